The third-order valence-electron chi connectivity index (χ3n) is 3.85. The van der Waals surface area contributed by atoms with Gasteiger partial charge in [-0.25, -0.2) is 13.9 Å². The third kappa shape index (κ3) is 4.84. The number of nitrogens with one attached hydrogen (secondary N) is 1. The van der Waals surface area contributed by atoms with Crippen molar-refractivity contribution in [3.63, 3.8) is 0 Å². The minimum atomic E-state index is -4.87. The molecule has 0 radical (unpaired) electrons. The van der Waals surface area contributed by atoms with Gasteiger partial charge in [0.05, 0.1) is 19.0 Å². The number of hydrogen-bond acceptors (Lipinski definition) is 4. The van der Waals surface area contributed by atoms with E-state index in [9.17, 15) is 22.4 Å². The molecule has 152 valence electrons. The van der Waals surface area contributed by atoms with Gasteiger partial charge in [0, 0.05) is 6.54 Å². The topological polar surface area (TPSA) is 65.4 Å². The molecular formula is C19H15F4N3O3. The molecule has 0 saturated heterocycles. The first-order valence-electron chi connectivity index (χ1n) is 8.27. The molecule has 1 heterocycles. The van der Waals surface area contributed by atoms with Crippen LogP contribution in [0.15, 0.2) is 54.7 Å². The first-order valence-corrected chi connectivity index (χ1v) is 8.27. The second-order valence-corrected chi connectivity index (χ2v) is 5.84. The minimum Gasteiger partial charge on any atom is -0.497 e. The fraction of sp³-hybridized carbons (Fsp3) is 0.158. The van der Waals surface area contributed by atoms with E-state index >= 15 is 0 Å². The van der Waals surface area contributed by atoms with E-state index in [1.54, 1.807) is 24.3 Å². The highest BCUT2D eigenvalue weighted by Gasteiger charge is 2.40. The SMILES string of the molecule is COc1cccc(CNC(=O)Oc2cnn(-c3ccc(F)cc3)c2C(F)(F)F)c1. The van der Waals surface area contributed by atoms with Crippen LogP contribution < -0.4 is 14.8 Å². The molecule has 6 nitrogen and oxygen atoms in total. The van der Waals surface area contributed by atoms with Crippen molar-refractivity contribution in [2.45, 2.75) is 12.7 Å². The maximum Gasteiger partial charge on any atom is 0.437 e. The molecule has 3 rings (SSSR count). The Morgan fingerprint density at radius 2 is 1.90 bits per heavy atom. The zero-order valence-electron chi connectivity index (χ0n) is 15.0. The first-order chi connectivity index (χ1) is 13.8. The van der Waals surface area contributed by atoms with E-state index in [1.807, 2.05) is 0 Å². The van der Waals surface area contributed by atoms with Crippen molar-refractivity contribution in [3.05, 3.63) is 71.8 Å². The van der Waals surface area contributed by atoms with Crippen LogP contribution in [0.4, 0.5) is 22.4 Å². The van der Waals surface area contributed by atoms with E-state index in [4.69, 9.17) is 9.47 Å². The number of benzene rings is 2. The maximum atomic E-state index is 13.5. The molecule has 1 aromatic heterocycles. The smallest absolute Gasteiger partial charge is 0.437 e. The zero-order chi connectivity index (χ0) is 21.0. The van der Waals surface area contributed by atoms with Crippen LogP contribution in [0, 0.1) is 5.82 Å². The van der Waals surface area contributed by atoms with Crippen LogP contribution >= 0.6 is 0 Å². The summed E-state index contributed by atoms with van der Waals surface area (Å²) in [6.45, 7) is 0.0173. The number of carbonyl (C=O) groups excluding carboxylic acids is 1. The lowest BCUT2D eigenvalue weighted by Gasteiger charge is -2.13. The number of hydrogen-bond donors (Lipinski definition) is 1. The van der Waals surface area contributed by atoms with Crippen molar-refractivity contribution in [3.8, 4) is 17.2 Å². The molecule has 1 amide bonds. The number of methoxy groups -OCH3 is 1. The molecule has 0 atom stereocenters. The van der Waals surface area contributed by atoms with Gasteiger partial charge in [0.2, 0.25) is 0 Å². The molecule has 1 N–H and O–H groups in total. The molecule has 10 heteroatoms. The van der Waals surface area contributed by atoms with Crippen molar-refractivity contribution in [1.82, 2.24) is 15.1 Å². The molecule has 2 aromatic carbocycles. The Balaban J connectivity index is 1.77. The number of halogens is 4. The van der Waals surface area contributed by atoms with Gasteiger partial charge in [-0.3, -0.25) is 0 Å². The van der Waals surface area contributed by atoms with Crippen LogP contribution in [0.1, 0.15) is 11.3 Å². The zero-order valence-corrected chi connectivity index (χ0v) is 15.0. The van der Waals surface area contributed by atoms with Gasteiger partial charge in [0.1, 0.15) is 11.6 Å². The van der Waals surface area contributed by atoms with Crippen LogP contribution in [0.3, 0.4) is 0 Å². The number of rotatable bonds is 5. The Kier molecular flexibility index (Phi) is 5.71. The summed E-state index contributed by atoms with van der Waals surface area (Å²) in [7, 11) is 1.48. The molecule has 3 aromatic rings. The van der Waals surface area contributed by atoms with Crippen LogP contribution in [-0.4, -0.2) is 23.0 Å². The van der Waals surface area contributed by atoms with Crippen LogP contribution in [-0.2, 0) is 12.7 Å². The lowest BCUT2D eigenvalue weighted by molar-refractivity contribution is -0.143. The monoisotopic (exact) mass is 409 g/mol. The van der Waals surface area contributed by atoms with Crippen LogP contribution in [0.5, 0.6) is 11.5 Å². The predicted molar refractivity (Wildman–Crippen MR) is 94.4 cm³/mol. The number of alkyl halides is 3. The first kappa shape index (κ1) is 20.2. The second-order valence-electron chi connectivity index (χ2n) is 5.84. The number of amides is 1. The second kappa shape index (κ2) is 8.21. The summed E-state index contributed by atoms with van der Waals surface area (Å²) in [4.78, 5) is 12.0. The molecule has 29 heavy (non-hydrogen) atoms. The van der Waals surface area contributed by atoms with E-state index < -0.39 is 29.5 Å². The van der Waals surface area contributed by atoms with Crippen molar-refractivity contribution >= 4 is 6.09 Å². The van der Waals surface area contributed by atoms with Gasteiger partial charge < -0.3 is 14.8 Å². The number of carbonyl (C=O) groups is 1. The Bertz CT molecular complexity index is 1000. The van der Waals surface area contributed by atoms with Gasteiger partial charge in [0.15, 0.2) is 11.4 Å². The van der Waals surface area contributed by atoms with Gasteiger partial charge in [0.25, 0.3) is 0 Å². The Morgan fingerprint density at radius 3 is 2.55 bits per heavy atom. The maximum absolute atomic E-state index is 13.5. The van der Waals surface area contributed by atoms with Crippen molar-refractivity contribution in [2.24, 2.45) is 0 Å². The highest BCUT2D eigenvalue weighted by Crippen LogP contribution is 2.37. The van der Waals surface area contributed by atoms with Crippen molar-refractivity contribution in [1.29, 1.82) is 0 Å². The summed E-state index contributed by atoms with van der Waals surface area (Å²) in [6, 6.07) is 11.0. The molecule has 0 aliphatic rings. The van der Waals surface area contributed by atoms with Gasteiger partial charge in [-0.15, -0.1) is 0 Å². The molecule has 0 bridgehead atoms. The lowest BCUT2D eigenvalue weighted by Crippen LogP contribution is -2.27. The van der Waals surface area contributed by atoms with Gasteiger partial charge >= 0.3 is 12.3 Å². The number of aromatic nitrogens is 2. The average molecular weight is 409 g/mol. The summed E-state index contributed by atoms with van der Waals surface area (Å²) in [5, 5.41) is 5.99. The molecule has 0 unspecified atom stereocenters. The molecule has 0 fully saturated rings. The highest BCUT2D eigenvalue weighted by atomic mass is 19.4. The van der Waals surface area contributed by atoms with E-state index in [0.29, 0.717) is 16.0 Å². The fourth-order valence-corrected chi connectivity index (χ4v) is 2.54. The molecule has 0 spiro atoms. The van der Waals surface area contributed by atoms with Crippen LogP contribution in [0.25, 0.3) is 5.69 Å². The lowest BCUT2D eigenvalue weighted by atomic mass is 10.2. The Hall–Kier alpha value is -3.56. The summed E-state index contributed by atoms with van der Waals surface area (Å²) in [6.07, 6.45) is -5.18. The quantitative estimate of drug-likeness (QED) is 0.638. The Labute approximate surface area is 162 Å². The minimum absolute atomic E-state index is 0.0173. The molecule has 0 aliphatic heterocycles. The highest BCUT2D eigenvalue weighted by molar-refractivity contribution is 5.70. The summed E-state index contributed by atoms with van der Waals surface area (Å²) < 4.78 is 64.1. The van der Waals surface area contributed by atoms with Gasteiger partial charge in [-0.2, -0.15) is 18.3 Å². The standard InChI is InChI=1S/C19H15F4N3O3/c1-28-15-4-2-3-12(9-15)10-24-18(27)29-16-11-25-26(17(16)19(21,22)23)14-7-5-13(20)6-8-14/h2-9,11H,10H2,1H3,(H,24,27). The van der Waals surface area contributed by atoms with Crippen LogP contribution in [0.2, 0.25) is 0 Å². The summed E-state index contributed by atoms with van der Waals surface area (Å²) in [5.41, 5.74) is -0.662. The number of nitrogens with zero attached hydrogens (tertiary/aromatic N) is 2. The molecule has 0 aliphatic carbocycles. The molecule has 0 saturated carbocycles. The van der Waals surface area contributed by atoms with Crippen molar-refractivity contribution < 1.29 is 31.8 Å². The van der Waals surface area contributed by atoms with Crippen molar-refractivity contribution in [2.75, 3.05) is 7.11 Å². The summed E-state index contributed by atoms with van der Waals surface area (Å²) >= 11 is 0. The van der Waals surface area contributed by atoms with E-state index in [2.05, 4.69) is 10.4 Å². The third-order valence-corrected chi connectivity index (χ3v) is 3.85. The average Bonchev–Trinajstić information content (AvgIpc) is 3.11. The normalized spacial score (nSPS) is 11.2. The molecular weight excluding hydrogens is 394 g/mol. The van der Waals surface area contributed by atoms with Gasteiger partial charge in [-0.1, -0.05) is 12.1 Å². The summed E-state index contributed by atoms with van der Waals surface area (Å²) in [5.74, 6) is -0.814. The van der Waals surface area contributed by atoms with E-state index in [1.165, 1.54) is 7.11 Å². The van der Waals surface area contributed by atoms with E-state index in [-0.39, 0.29) is 12.2 Å². The Morgan fingerprint density at radius 1 is 1.17 bits per heavy atom. The van der Waals surface area contributed by atoms with Gasteiger partial charge in [-0.05, 0) is 42.0 Å². The van der Waals surface area contributed by atoms with E-state index in [0.717, 1.165) is 30.5 Å². The largest absolute Gasteiger partial charge is 0.497 e. The number of ether oxygens (including phenoxy) is 2. The fourth-order valence-electron chi connectivity index (χ4n) is 2.54. The predicted octanol–water partition coefficient (Wildman–Crippen LogP) is 4.33.